The highest BCUT2D eigenvalue weighted by Gasteiger charge is 2.30. The lowest BCUT2D eigenvalue weighted by Crippen LogP contribution is -2.51. The summed E-state index contributed by atoms with van der Waals surface area (Å²) < 4.78 is 3.17. The van der Waals surface area contributed by atoms with E-state index in [1.807, 2.05) is 6.92 Å². The Bertz CT molecular complexity index is 806. The molecule has 0 radical (unpaired) electrons. The van der Waals surface area contributed by atoms with Crippen molar-refractivity contribution in [3.05, 3.63) is 46.4 Å². The summed E-state index contributed by atoms with van der Waals surface area (Å²) in [6.07, 6.45) is 2.74. The van der Waals surface area contributed by atoms with Crippen molar-refractivity contribution in [3.63, 3.8) is 0 Å². The SMILES string of the molecule is Cc1cn(-c2ccc3n(c2=O)CCN(C(C)C(C)O)C3=O)cn1. The van der Waals surface area contributed by atoms with Gasteiger partial charge in [0.05, 0.1) is 24.2 Å². The van der Waals surface area contributed by atoms with Gasteiger partial charge in [0, 0.05) is 19.3 Å². The molecule has 3 heterocycles. The Hall–Kier alpha value is -2.41. The number of hydrogen-bond acceptors (Lipinski definition) is 4. The zero-order valence-corrected chi connectivity index (χ0v) is 13.4. The van der Waals surface area contributed by atoms with Gasteiger partial charge in [0.1, 0.15) is 11.4 Å². The van der Waals surface area contributed by atoms with Gasteiger partial charge in [-0.1, -0.05) is 0 Å². The van der Waals surface area contributed by atoms with Gasteiger partial charge in [0.2, 0.25) is 0 Å². The number of amides is 1. The van der Waals surface area contributed by atoms with E-state index in [2.05, 4.69) is 4.98 Å². The van der Waals surface area contributed by atoms with Crippen LogP contribution in [0.4, 0.5) is 0 Å². The van der Waals surface area contributed by atoms with Crippen molar-refractivity contribution in [2.24, 2.45) is 0 Å². The van der Waals surface area contributed by atoms with Crippen LogP contribution >= 0.6 is 0 Å². The van der Waals surface area contributed by atoms with Crippen molar-refractivity contribution in [1.82, 2.24) is 19.0 Å². The van der Waals surface area contributed by atoms with Crippen LogP contribution in [0.2, 0.25) is 0 Å². The molecule has 1 N–H and O–H groups in total. The number of carbonyl (C=O) groups excluding carboxylic acids is 1. The molecule has 2 unspecified atom stereocenters. The zero-order valence-electron chi connectivity index (χ0n) is 13.4. The van der Waals surface area contributed by atoms with Crippen LogP contribution in [0.15, 0.2) is 29.5 Å². The van der Waals surface area contributed by atoms with Crippen LogP contribution in [0.3, 0.4) is 0 Å². The van der Waals surface area contributed by atoms with Crippen LogP contribution in [0.25, 0.3) is 5.69 Å². The number of nitrogens with zero attached hydrogens (tertiary/aromatic N) is 4. The third-order valence-corrected chi connectivity index (χ3v) is 4.38. The molecule has 7 nitrogen and oxygen atoms in total. The highest BCUT2D eigenvalue weighted by atomic mass is 16.3. The van der Waals surface area contributed by atoms with E-state index in [4.69, 9.17) is 0 Å². The van der Waals surface area contributed by atoms with Crippen molar-refractivity contribution in [2.45, 2.75) is 39.5 Å². The molecule has 0 fully saturated rings. The Morgan fingerprint density at radius 1 is 1.22 bits per heavy atom. The standard InChI is InChI=1S/C16H20N4O3/c1-10-8-18(9-17-10)13-4-5-14-16(23)19(11(2)12(3)21)6-7-20(14)15(13)22/h4-5,8-9,11-12,21H,6-7H2,1-3H3. The zero-order chi connectivity index (χ0) is 16.7. The van der Waals surface area contributed by atoms with Crippen molar-refractivity contribution >= 4 is 5.91 Å². The lowest BCUT2D eigenvalue weighted by Gasteiger charge is -2.35. The summed E-state index contributed by atoms with van der Waals surface area (Å²) in [4.78, 5) is 31.0. The molecule has 0 saturated heterocycles. The summed E-state index contributed by atoms with van der Waals surface area (Å²) in [6.45, 7) is 6.14. The summed E-state index contributed by atoms with van der Waals surface area (Å²) in [5.74, 6) is -0.227. The third kappa shape index (κ3) is 2.57. The quantitative estimate of drug-likeness (QED) is 0.897. The molecular weight excluding hydrogens is 296 g/mol. The van der Waals surface area contributed by atoms with Gasteiger partial charge < -0.3 is 19.1 Å². The van der Waals surface area contributed by atoms with Gasteiger partial charge in [-0.3, -0.25) is 9.59 Å². The van der Waals surface area contributed by atoms with E-state index in [1.165, 1.54) is 4.57 Å². The Kier molecular flexibility index (Phi) is 3.81. The second-order valence-electron chi connectivity index (χ2n) is 5.96. The van der Waals surface area contributed by atoms with Crippen LogP contribution < -0.4 is 5.56 Å². The fraction of sp³-hybridized carbons (Fsp3) is 0.438. The summed E-state index contributed by atoms with van der Waals surface area (Å²) in [7, 11) is 0. The minimum absolute atomic E-state index is 0.211. The first kappa shape index (κ1) is 15.5. The van der Waals surface area contributed by atoms with Crippen molar-refractivity contribution < 1.29 is 9.90 Å². The van der Waals surface area contributed by atoms with Gasteiger partial charge >= 0.3 is 0 Å². The van der Waals surface area contributed by atoms with Gasteiger partial charge in [-0.15, -0.1) is 0 Å². The summed E-state index contributed by atoms with van der Waals surface area (Å²) in [5, 5.41) is 9.72. The molecule has 0 aliphatic carbocycles. The lowest BCUT2D eigenvalue weighted by atomic mass is 10.1. The molecule has 23 heavy (non-hydrogen) atoms. The fourth-order valence-electron chi connectivity index (χ4n) is 2.83. The monoisotopic (exact) mass is 316 g/mol. The molecule has 1 amide bonds. The molecule has 122 valence electrons. The molecule has 1 aliphatic heterocycles. The molecule has 3 rings (SSSR count). The fourth-order valence-corrected chi connectivity index (χ4v) is 2.83. The summed E-state index contributed by atoms with van der Waals surface area (Å²) in [6, 6.07) is 3.02. The van der Waals surface area contributed by atoms with Crippen LogP contribution in [0.5, 0.6) is 0 Å². The van der Waals surface area contributed by atoms with Gasteiger partial charge in [0.25, 0.3) is 11.5 Å². The number of hydrogen-bond donors (Lipinski definition) is 1. The van der Waals surface area contributed by atoms with E-state index >= 15 is 0 Å². The first-order valence-electron chi connectivity index (χ1n) is 7.64. The predicted octanol–water partition coefficient (Wildman–Crippen LogP) is 0.568. The molecule has 2 aromatic rings. The minimum atomic E-state index is -0.620. The molecular formula is C16H20N4O3. The van der Waals surface area contributed by atoms with Crippen molar-refractivity contribution in [2.75, 3.05) is 6.54 Å². The summed E-state index contributed by atoms with van der Waals surface area (Å²) >= 11 is 0. The predicted molar refractivity (Wildman–Crippen MR) is 84.7 cm³/mol. The highest BCUT2D eigenvalue weighted by Crippen LogP contribution is 2.16. The highest BCUT2D eigenvalue weighted by molar-refractivity contribution is 5.93. The molecule has 0 spiro atoms. The number of imidazole rings is 1. The molecule has 2 aromatic heterocycles. The van der Waals surface area contributed by atoms with E-state index in [1.54, 1.807) is 48.0 Å². The first-order chi connectivity index (χ1) is 10.9. The average Bonchev–Trinajstić information content (AvgIpc) is 2.94. The Morgan fingerprint density at radius 2 is 1.96 bits per heavy atom. The van der Waals surface area contributed by atoms with Crippen LogP contribution in [-0.2, 0) is 6.54 Å². The van der Waals surface area contributed by atoms with Crippen molar-refractivity contribution in [3.8, 4) is 5.69 Å². The number of pyridine rings is 1. The normalized spacial score (nSPS) is 17.0. The molecule has 2 atom stereocenters. The van der Waals surface area contributed by atoms with Crippen LogP contribution in [0.1, 0.15) is 30.0 Å². The van der Waals surface area contributed by atoms with E-state index < -0.39 is 6.10 Å². The van der Waals surface area contributed by atoms with Gasteiger partial charge in [-0.25, -0.2) is 4.98 Å². The Balaban J connectivity index is 2.02. The second kappa shape index (κ2) is 5.66. The van der Waals surface area contributed by atoms with Gasteiger partial charge in [-0.05, 0) is 32.9 Å². The average molecular weight is 316 g/mol. The van der Waals surface area contributed by atoms with Crippen LogP contribution in [0, 0.1) is 6.92 Å². The number of aliphatic hydroxyl groups excluding tert-OH is 1. The van der Waals surface area contributed by atoms with Gasteiger partial charge in [0.15, 0.2) is 0 Å². The maximum Gasteiger partial charge on any atom is 0.275 e. The maximum atomic E-state index is 12.7. The van der Waals surface area contributed by atoms with E-state index in [0.29, 0.717) is 24.5 Å². The number of fused-ring (bicyclic) bond motifs is 1. The minimum Gasteiger partial charge on any atom is -0.391 e. The lowest BCUT2D eigenvalue weighted by molar-refractivity contribution is 0.0390. The molecule has 1 aliphatic rings. The molecule has 0 saturated carbocycles. The number of aromatic nitrogens is 3. The maximum absolute atomic E-state index is 12.7. The topological polar surface area (TPSA) is 80.4 Å². The number of aliphatic hydroxyl groups is 1. The smallest absolute Gasteiger partial charge is 0.275 e. The number of carbonyl (C=O) groups is 1. The van der Waals surface area contributed by atoms with E-state index in [9.17, 15) is 14.7 Å². The molecule has 0 aromatic carbocycles. The number of rotatable bonds is 3. The number of aryl methyl sites for hydroxylation is 1. The van der Waals surface area contributed by atoms with E-state index in [-0.39, 0.29) is 17.5 Å². The first-order valence-corrected chi connectivity index (χ1v) is 7.64. The third-order valence-electron chi connectivity index (χ3n) is 4.38. The van der Waals surface area contributed by atoms with Gasteiger partial charge in [-0.2, -0.15) is 0 Å². The summed E-state index contributed by atoms with van der Waals surface area (Å²) in [5.41, 5.74) is 1.44. The van der Waals surface area contributed by atoms with Crippen molar-refractivity contribution in [1.29, 1.82) is 0 Å². The molecule has 0 bridgehead atoms. The largest absolute Gasteiger partial charge is 0.391 e. The second-order valence-corrected chi connectivity index (χ2v) is 5.96. The van der Waals surface area contributed by atoms with E-state index in [0.717, 1.165) is 5.69 Å². The Labute approximate surface area is 133 Å². The molecule has 7 heteroatoms. The Morgan fingerprint density at radius 3 is 2.57 bits per heavy atom. The van der Waals surface area contributed by atoms with Crippen LogP contribution in [-0.4, -0.2) is 48.7 Å².